The lowest BCUT2D eigenvalue weighted by atomic mass is 9.99. The number of anilines is 2. The summed E-state index contributed by atoms with van der Waals surface area (Å²) in [6.45, 7) is 6.21. The predicted octanol–water partition coefficient (Wildman–Crippen LogP) is 2.73. The molecule has 1 amide bonds. The SMILES string of the molecule is CN1CCN(c2cccc3c2CC(NC(=O)c2ccc(N4CCCC(=O)CC4)cc2)CO3)CC1. The van der Waals surface area contributed by atoms with Crippen LogP contribution >= 0.6 is 0 Å². The van der Waals surface area contributed by atoms with Gasteiger partial charge in [0.15, 0.2) is 0 Å². The normalized spacial score (nSPS) is 21.4. The number of benzene rings is 2. The molecule has 34 heavy (non-hydrogen) atoms. The van der Waals surface area contributed by atoms with Crippen LogP contribution in [0.15, 0.2) is 42.5 Å². The summed E-state index contributed by atoms with van der Waals surface area (Å²) in [6.07, 6.45) is 2.92. The van der Waals surface area contributed by atoms with Crippen molar-refractivity contribution >= 4 is 23.1 Å². The molecule has 0 bridgehead atoms. The average Bonchev–Trinajstić information content (AvgIpc) is 3.08. The van der Waals surface area contributed by atoms with Gasteiger partial charge in [-0.15, -0.1) is 0 Å². The number of nitrogens with zero attached hydrogens (tertiary/aromatic N) is 3. The Labute approximate surface area is 201 Å². The molecule has 0 aliphatic carbocycles. The molecule has 7 heteroatoms. The lowest BCUT2D eigenvalue weighted by Crippen LogP contribution is -2.46. The highest BCUT2D eigenvalue weighted by Gasteiger charge is 2.27. The fraction of sp³-hybridized carbons (Fsp3) is 0.481. The van der Waals surface area contributed by atoms with E-state index in [2.05, 4.69) is 39.2 Å². The molecule has 2 saturated heterocycles. The van der Waals surface area contributed by atoms with Crippen molar-refractivity contribution in [2.75, 3.05) is 62.7 Å². The Morgan fingerprint density at radius 3 is 2.53 bits per heavy atom. The van der Waals surface area contributed by atoms with Gasteiger partial charge in [0.25, 0.3) is 5.91 Å². The number of piperazine rings is 1. The van der Waals surface area contributed by atoms with E-state index >= 15 is 0 Å². The molecule has 2 aromatic rings. The van der Waals surface area contributed by atoms with E-state index in [1.807, 2.05) is 30.3 Å². The molecule has 0 aromatic heterocycles. The molecule has 3 aliphatic rings. The molecule has 0 saturated carbocycles. The van der Waals surface area contributed by atoms with E-state index in [4.69, 9.17) is 4.74 Å². The van der Waals surface area contributed by atoms with E-state index in [0.29, 0.717) is 30.8 Å². The maximum absolute atomic E-state index is 13.0. The standard InChI is InChI=1S/C27H34N4O3/c1-29-14-16-31(17-15-29)25-5-2-6-26-24(25)18-21(19-34-26)28-27(33)20-7-9-22(10-8-20)30-12-3-4-23(32)11-13-30/h2,5-10,21H,3-4,11-19H2,1H3,(H,28,33). The van der Waals surface area contributed by atoms with Crippen molar-refractivity contribution < 1.29 is 14.3 Å². The van der Waals surface area contributed by atoms with E-state index in [1.165, 1.54) is 11.3 Å². The molecule has 0 spiro atoms. The van der Waals surface area contributed by atoms with Crippen LogP contribution in [0.5, 0.6) is 5.75 Å². The largest absolute Gasteiger partial charge is 0.491 e. The van der Waals surface area contributed by atoms with Crippen molar-refractivity contribution in [3.8, 4) is 5.75 Å². The van der Waals surface area contributed by atoms with Gasteiger partial charge in [0.1, 0.15) is 18.1 Å². The van der Waals surface area contributed by atoms with Gasteiger partial charge in [-0.3, -0.25) is 9.59 Å². The van der Waals surface area contributed by atoms with Crippen LogP contribution in [0.3, 0.4) is 0 Å². The van der Waals surface area contributed by atoms with Gasteiger partial charge in [-0.25, -0.2) is 0 Å². The third-order valence-electron chi connectivity index (χ3n) is 7.22. The molecule has 1 atom stereocenters. The number of hydrogen-bond acceptors (Lipinski definition) is 6. The predicted molar refractivity (Wildman–Crippen MR) is 134 cm³/mol. The summed E-state index contributed by atoms with van der Waals surface area (Å²) in [5.41, 5.74) is 4.13. The number of likely N-dealkylation sites (N-methyl/N-ethyl adjacent to an activating group) is 1. The number of amides is 1. The van der Waals surface area contributed by atoms with E-state index in [1.54, 1.807) is 0 Å². The number of ether oxygens (including phenoxy) is 1. The van der Waals surface area contributed by atoms with Crippen LogP contribution in [0.2, 0.25) is 0 Å². The fourth-order valence-electron chi connectivity index (χ4n) is 5.14. The summed E-state index contributed by atoms with van der Waals surface area (Å²) in [5.74, 6) is 1.19. The first-order valence-electron chi connectivity index (χ1n) is 12.4. The highest BCUT2D eigenvalue weighted by atomic mass is 16.5. The maximum Gasteiger partial charge on any atom is 0.251 e. The minimum absolute atomic E-state index is 0.0649. The molecule has 1 unspecified atom stereocenters. The van der Waals surface area contributed by atoms with Crippen LogP contribution in [0, 0.1) is 0 Å². The topological polar surface area (TPSA) is 65.1 Å². The van der Waals surface area contributed by atoms with Crippen LogP contribution < -0.4 is 19.9 Å². The molecule has 2 aromatic carbocycles. The molecule has 2 fully saturated rings. The number of nitrogens with one attached hydrogen (secondary N) is 1. The quantitative estimate of drug-likeness (QED) is 0.754. The van der Waals surface area contributed by atoms with Gasteiger partial charge in [0, 0.05) is 81.0 Å². The van der Waals surface area contributed by atoms with Gasteiger partial charge in [-0.1, -0.05) is 6.07 Å². The maximum atomic E-state index is 13.0. The molecule has 0 radical (unpaired) electrons. The number of hydrogen-bond donors (Lipinski definition) is 1. The van der Waals surface area contributed by atoms with Gasteiger partial charge < -0.3 is 24.8 Å². The third-order valence-corrected chi connectivity index (χ3v) is 7.22. The van der Waals surface area contributed by atoms with Crippen molar-refractivity contribution in [3.63, 3.8) is 0 Å². The zero-order chi connectivity index (χ0) is 23.5. The van der Waals surface area contributed by atoms with Crippen molar-refractivity contribution in [2.24, 2.45) is 0 Å². The average molecular weight is 463 g/mol. The molecule has 1 N–H and O–H groups in total. The number of carbonyl (C=O) groups excluding carboxylic acids is 2. The zero-order valence-corrected chi connectivity index (χ0v) is 20.0. The first-order valence-corrected chi connectivity index (χ1v) is 12.4. The summed E-state index contributed by atoms with van der Waals surface area (Å²) in [6, 6.07) is 13.9. The number of fused-ring (bicyclic) bond motifs is 1. The summed E-state index contributed by atoms with van der Waals surface area (Å²) >= 11 is 0. The van der Waals surface area contributed by atoms with E-state index < -0.39 is 0 Å². The fourth-order valence-corrected chi connectivity index (χ4v) is 5.14. The third kappa shape index (κ3) is 5.04. The van der Waals surface area contributed by atoms with E-state index in [0.717, 1.165) is 63.5 Å². The van der Waals surface area contributed by atoms with Crippen LogP contribution in [0.1, 0.15) is 35.2 Å². The van der Waals surface area contributed by atoms with Crippen molar-refractivity contribution in [2.45, 2.75) is 31.7 Å². The van der Waals surface area contributed by atoms with Gasteiger partial charge in [0.05, 0.1) is 6.04 Å². The Kier molecular flexibility index (Phi) is 6.72. The van der Waals surface area contributed by atoms with Crippen molar-refractivity contribution in [3.05, 3.63) is 53.6 Å². The zero-order valence-electron chi connectivity index (χ0n) is 20.0. The number of Topliss-reactive ketones (excluding diaryl/α,β-unsaturated/α-hetero) is 1. The van der Waals surface area contributed by atoms with Crippen LogP contribution in [0.25, 0.3) is 0 Å². The Bertz CT molecular complexity index is 1030. The number of carbonyl (C=O) groups is 2. The number of ketones is 1. The first-order chi connectivity index (χ1) is 16.6. The Morgan fingerprint density at radius 2 is 1.74 bits per heavy atom. The molecule has 3 aliphatic heterocycles. The van der Waals surface area contributed by atoms with Gasteiger partial charge in [-0.05, 0) is 49.9 Å². The Morgan fingerprint density at radius 1 is 0.941 bits per heavy atom. The molecule has 7 nitrogen and oxygen atoms in total. The van der Waals surface area contributed by atoms with Crippen LogP contribution in [-0.4, -0.2) is 75.6 Å². The van der Waals surface area contributed by atoms with Crippen molar-refractivity contribution in [1.82, 2.24) is 10.2 Å². The van der Waals surface area contributed by atoms with E-state index in [9.17, 15) is 9.59 Å². The van der Waals surface area contributed by atoms with Crippen LogP contribution in [-0.2, 0) is 11.2 Å². The van der Waals surface area contributed by atoms with Gasteiger partial charge >= 0.3 is 0 Å². The summed E-state index contributed by atoms with van der Waals surface area (Å²) < 4.78 is 6.06. The molecule has 180 valence electrons. The highest BCUT2D eigenvalue weighted by Crippen LogP contribution is 2.34. The monoisotopic (exact) mass is 462 g/mol. The van der Waals surface area contributed by atoms with Gasteiger partial charge in [0.2, 0.25) is 0 Å². The minimum Gasteiger partial charge on any atom is -0.491 e. The second kappa shape index (κ2) is 10.1. The lowest BCUT2D eigenvalue weighted by Gasteiger charge is -2.37. The molecule has 5 rings (SSSR count). The second-order valence-corrected chi connectivity index (χ2v) is 9.66. The molecular weight excluding hydrogens is 428 g/mol. The smallest absolute Gasteiger partial charge is 0.251 e. The first kappa shape index (κ1) is 22.7. The highest BCUT2D eigenvalue weighted by molar-refractivity contribution is 5.94. The summed E-state index contributed by atoms with van der Waals surface area (Å²) in [5, 5.41) is 3.18. The Hall–Kier alpha value is -3.06. The second-order valence-electron chi connectivity index (χ2n) is 9.66. The molecule has 3 heterocycles. The van der Waals surface area contributed by atoms with E-state index in [-0.39, 0.29) is 11.9 Å². The van der Waals surface area contributed by atoms with Crippen LogP contribution in [0.4, 0.5) is 11.4 Å². The Balaban J connectivity index is 1.23. The van der Waals surface area contributed by atoms with Crippen molar-refractivity contribution in [1.29, 1.82) is 0 Å². The lowest BCUT2D eigenvalue weighted by molar-refractivity contribution is -0.118. The summed E-state index contributed by atoms with van der Waals surface area (Å²) in [4.78, 5) is 31.7. The number of rotatable bonds is 4. The van der Waals surface area contributed by atoms with Gasteiger partial charge in [-0.2, -0.15) is 0 Å². The molecular formula is C27H34N4O3. The minimum atomic E-state index is -0.0771. The summed E-state index contributed by atoms with van der Waals surface area (Å²) in [7, 11) is 2.16.